The lowest BCUT2D eigenvalue weighted by molar-refractivity contribution is -0.124. The number of carbonyl (C=O) groups excluding carboxylic acids is 2. The van der Waals surface area contributed by atoms with Crippen LogP contribution in [0.5, 0.6) is 5.75 Å². The summed E-state index contributed by atoms with van der Waals surface area (Å²) in [5.41, 5.74) is 1.82. The van der Waals surface area contributed by atoms with Crippen molar-refractivity contribution in [3.05, 3.63) is 66.2 Å². The van der Waals surface area contributed by atoms with Gasteiger partial charge in [-0.05, 0) is 46.7 Å². The third-order valence-corrected chi connectivity index (χ3v) is 5.95. The quantitative estimate of drug-likeness (QED) is 0.690. The second kappa shape index (κ2) is 7.94. The molecular weight excluding hydrogens is 372 g/mol. The molecule has 0 spiro atoms. The van der Waals surface area contributed by atoms with Crippen LogP contribution in [0.2, 0.25) is 0 Å². The number of carbonyl (C=O) groups is 2. The standard InChI is InChI=1S/C22H20N2O3S/c1-27-17-9-8-15-10-14(6-7-16(15)11-17)13-23-21(25)12-20-22(26)24-18-4-2-3-5-19(18)28-20/h2-11,20H,12-13H2,1H3,(H,23,25)(H,24,26). The van der Waals surface area contributed by atoms with Crippen LogP contribution in [-0.2, 0) is 16.1 Å². The number of anilines is 1. The van der Waals surface area contributed by atoms with Crippen molar-refractivity contribution in [2.75, 3.05) is 12.4 Å². The molecule has 4 rings (SSSR count). The lowest BCUT2D eigenvalue weighted by Crippen LogP contribution is -2.34. The van der Waals surface area contributed by atoms with E-state index >= 15 is 0 Å². The summed E-state index contributed by atoms with van der Waals surface area (Å²) < 4.78 is 5.24. The molecule has 1 unspecified atom stereocenters. The van der Waals surface area contributed by atoms with Crippen molar-refractivity contribution in [3.63, 3.8) is 0 Å². The van der Waals surface area contributed by atoms with Crippen LogP contribution in [-0.4, -0.2) is 24.2 Å². The summed E-state index contributed by atoms with van der Waals surface area (Å²) >= 11 is 1.44. The van der Waals surface area contributed by atoms with Gasteiger partial charge in [0.05, 0.1) is 18.0 Å². The van der Waals surface area contributed by atoms with Crippen LogP contribution < -0.4 is 15.4 Å². The topological polar surface area (TPSA) is 67.4 Å². The van der Waals surface area contributed by atoms with Crippen molar-refractivity contribution in [1.82, 2.24) is 5.32 Å². The van der Waals surface area contributed by atoms with E-state index in [-0.39, 0.29) is 18.2 Å². The normalized spacial score (nSPS) is 15.6. The Morgan fingerprint density at radius 1 is 1.11 bits per heavy atom. The Morgan fingerprint density at radius 3 is 2.75 bits per heavy atom. The average Bonchev–Trinajstić information content (AvgIpc) is 2.72. The van der Waals surface area contributed by atoms with Crippen molar-refractivity contribution in [3.8, 4) is 5.75 Å². The predicted molar refractivity (Wildman–Crippen MR) is 112 cm³/mol. The molecule has 1 aliphatic heterocycles. The fourth-order valence-corrected chi connectivity index (χ4v) is 4.29. The summed E-state index contributed by atoms with van der Waals surface area (Å²) in [7, 11) is 1.65. The Bertz CT molecular complexity index is 1050. The van der Waals surface area contributed by atoms with E-state index in [1.807, 2.05) is 60.7 Å². The summed E-state index contributed by atoms with van der Waals surface area (Å²) in [6.45, 7) is 0.427. The van der Waals surface area contributed by atoms with Crippen molar-refractivity contribution in [2.45, 2.75) is 23.1 Å². The Kier molecular flexibility index (Phi) is 5.21. The van der Waals surface area contributed by atoms with Crippen LogP contribution in [0.1, 0.15) is 12.0 Å². The fourth-order valence-electron chi connectivity index (χ4n) is 3.18. The number of nitrogens with one attached hydrogen (secondary N) is 2. The van der Waals surface area contributed by atoms with E-state index in [0.717, 1.165) is 32.7 Å². The molecule has 3 aromatic rings. The third-order valence-electron chi connectivity index (χ3n) is 4.68. The van der Waals surface area contributed by atoms with Gasteiger partial charge >= 0.3 is 0 Å². The summed E-state index contributed by atoms with van der Waals surface area (Å²) in [4.78, 5) is 25.6. The highest BCUT2D eigenvalue weighted by atomic mass is 32.2. The van der Waals surface area contributed by atoms with Crippen molar-refractivity contribution in [2.24, 2.45) is 0 Å². The van der Waals surface area contributed by atoms with Crippen LogP contribution in [0.25, 0.3) is 10.8 Å². The second-order valence-electron chi connectivity index (χ2n) is 6.62. The van der Waals surface area contributed by atoms with Gasteiger partial charge in [0.15, 0.2) is 0 Å². The van der Waals surface area contributed by atoms with E-state index in [0.29, 0.717) is 6.54 Å². The molecule has 2 amide bonds. The zero-order valence-electron chi connectivity index (χ0n) is 15.4. The van der Waals surface area contributed by atoms with Crippen LogP contribution in [0.4, 0.5) is 5.69 Å². The maximum Gasteiger partial charge on any atom is 0.238 e. The van der Waals surface area contributed by atoms with Crippen LogP contribution in [0.3, 0.4) is 0 Å². The molecule has 5 nitrogen and oxygen atoms in total. The Labute approximate surface area is 167 Å². The Hall–Kier alpha value is -2.99. The number of rotatable bonds is 5. The monoisotopic (exact) mass is 392 g/mol. The molecule has 0 fully saturated rings. The summed E-state index contributed by atoms with van der Waals surface area (Å²) in [6, 6.07) is 19.6. The molecule has 3 aromatic carbocycles. The van der Waals surface area contributed by atoms with Crippen molar-refractivity contribution >= 4 is 40.0 Å². The van der Waals surface area contributed by atoms with E-state index in [1.165, 1.54) is 11.8 Å². The molecule has 1 aliphatic rings. The van der Waals surface area contributed by atoms with Gasteiger partial charge in [0, 0.05) is 17.9 Å². The van der Waals surface area contributed by atoms with Gasteiger partial charge in [-0.25, -0.2) is 0 Å². The van der Waals surface area contributed by atoms with Gasteiger partial charge < -0.3 is 15.4 Å². The molecule has 2 N–H and O–H groups in total. The molecule has 0 saturated heterocycles. The predicted octanol–water partition coefficient (Wildman–Crippen LogP) is 3.97. The highest BCUT2D eigenvalue weighted by Gasteiger charge is 2.28. The number of thioether (sulfide) groups is 1. The lowest BCUT2D eigenvalue weighted by Gasteiger charge is -2.23. The molecule has 0 radical (unpaired) electrons. The molecule has 0 saturated carbocycles. The van der Waals surface area contributed by atoms with Gasteiger partial charge in [-0.2, -0.15) is 0 Å². The van der Waals surface area contributed by atoms with Gasteiger partial charge in [0.1, 0.15) is 5.75 Å². The smallest absolute Gasteiger partial charge is 0.238 e. The minimum Gasteiger partial charge on any atom is -0.497 e. The number of hydrogen-bond donors (Lipinski definition) is 2. The van der Waals surface area contributed by atoms with Crippen molar-refractivity contribution < 1.29 is 14.3 Å². The van der Waals surface area contributed by atoms with E-state index in [2.05, 4.69) is 10.6 Å². The number of ether oxygens (including phenoxy) is 1. The van der Waals surface area contributed by atoms with Gasteiger partial charge in [0.2, 0.25) is 11.8 Å². The number of hydrogen-bond acceptors (Lipinski definition) is 4. The molecule has 28 heavy (non-hydrogen) atoms. The zero-order valence-corrected chi connectivity index (χ0v) is 16.2. The number of methoxy groups -OCH3 is 1. The molecule has 0 aliphatic carbocycles. The van der Waals surface area contributed by atoms with Crippen LogP contribution in [0, 0.1) is 0 Å². The van der Waals surface area contributed by atoms with E-state index < -0.39 is 5.25 Å². The first-order valence-corrected chi connectivity index (χ1v) is 9.90. The molecule has 142 valence electrons. The maximum atomic E-state index is 12.4. The highest BCUT2D eigenvalue weighted by Crippen LogP contribution is 2.36. The zero-order chi connectivity index (χ0) is 19.5. The number of amides is 2. The molecular formula is C22H20N2O3S. The first-order valence-electron chi connectivity index (χ1n) is 9.02. The summed E-state index contributed by atoms with van der Waals surface area (Å²) in [6.07, 6.45) is 0.148. The molecule has 1 atom stereocenters. The number of benzene rings is 3. The first kappa shape index (κ1) is 18.4. The Morgan fingerprint density at radius 2 is 1.89 bits per heavy atom. The largest absolute Gasteiger partial charge is 0.497 e. The van der Waals surface area contributed by atoms with E-state index in [9.17, 15) is 9.59 Å². The van der Waals surface area contributed by atoms with Crippen LogP contribution in [0.15, 0.2) is 65.6 Å². The molecule has 0 aromatic heterocycles. The lowest BCUT2D eigenvalue weighted by atomic mass is 10.1. The second-order valence-corrected chi connectivity index (χ2v) is 7.86. The summed E-state index contributed by atoms with van der Waals surface area (Å²) in [5.74, 6) is 0.554. The SMILES string of the molecule is COc1ccc2cc(CNC(=O)CC3Sc4ccccc4NC3=O)ccc2c1. The molecule has 1 heterocycles. The highest BCUT2D eigenvalue weighted by molar-refractivity contribution is 8.01. The minimum atomic E-state index is -0.418. The van der Waals surface area contributed by atoms with Crippen molar-refractivity contribution in [1.29, 1.82) is 0 Å². The third kappa shape index (κ3) is 3.97. The van der Waals surface area contributed by atoms with Crippen LogP contribution >= 0.6 is 11.8 Å². The molecule has 0 bridgehead atoms. The Balaban J connectivity index is 1.37. The first-order chi connectivity index (χ1) is 13.6. The molecule has 6 heteroatoms. The number of fused-ring (bicyclic) bond motifs is 2. The maximum absolute atomic E-state index is 12.4. The van der Waals surface area contributed by atoms with Gasteiger partial charge in [-0.1, -0.05) is 30.3 Å². The van der Waals surface area contributed by atoms with E-state index in [4.69, 9.17) is 4.74 Å². The van der Waals surface area contributed by atoms with Gasteiger partial charge in [-0.3, -0.25) is 9.59 Å². The van der Waals surface area contributed by atoms with E-state index in [1.54, 1.807) is 7.11 Å². The van der Waals surface area contributed by atoms with Gasteiger partial charge in [-0.15, -0.1) is 11.8 Å². The van der Waals surface area contributed by atoms with Gasteiger partial charge in [0.25, 0.3) is 0 Å². The minimum absolute atomic E-state index is 0.126. The number of para-hydroxylation sites is 1. The fraction of sp³-hybridized carbons (Fsp3) is 0.182. The average molecular weight is 392 g/mol. The summed E-state index contributed by atoms with van der Waals surface area (Å²) in [5, 5.41) is 7.55.